The van der Waals surface area contributed by atoms with Gasteiger partial charge in [0.05, 0.1) is 5.69 Å². The molecule has 0 aromatic carbocycles. The highest BCUT2D eigenvalue weighted by atomic mass is 16.2. The van der Waals surface area contributed by atoms with E-state index in [2.05, 4.69) is 14.5 Å². The summed E-state index contributed by atoms with van der Waals surface area (Å²) in [4.78, 5) is 23.8. The molecule has 0 bridgehead atoms. The van der Waals surface area contributed by atoms with Crippen molar-refractivity contribution < 1.29 is 4.79 Å². The summed E-state index contributed by atoms with van der Waals surface area (Å²) < 4.78 is 3.99. The zero-order valence-electron chi connectivity index (χ0n) is 14.2. The van der Waals surface area contributed by atoms with E-state index < -0.39 is 0 Å². The molecule has 24 heavy (non-hydrogen) atoms. The number of carbonyl (C=O) groups excluding carboxylic acids is 1. The zero-order valence-corrected chi connectivity index (χ0v) is 14.2. The highest BCUT2D eigenvalue weighted by Gasteiger charge is 2.31. The molecule has 0 radical (unpaired) electrons. The Hall–Kier alpha value is -2.63. The van der Waals surface area contributed by atoms with Crippen molar-refractivity contribution in [2.45, 2.75) is 26.2 Å². The highest BCUT2D eigenvalue weighted by Crippen LogP contribution is 2.27. The third-order valence-corrected chi connectivity index (χ3v) is 4.69. The van der Waals surface area contributed by atoms with Gasteiger partial charge in [-0.25, -0.2) is 9.97 Å². The predicted octanol–water partition coefficient (Wildman–Crippen LogP) is 2.31. The number of hydrogen-bond acceptors (Lipinski definition) is 3. The first kappa shape index (κ1) is 14.9. The minimum atomic E-state index is 0.00443. The molecular formula is C18H21N5O. The number of aromatic nitrogens is 4. The van der Waals surface area contributed by atoms with Gasteiger partial charge in [-0.3, -0.25) is 4.79 Å². The van der Waals surface area contributed by atoms with Crippen molar-refractivity contribution in [3.63, 3.8) is 0 Å². The van der Waals surface area contributed by atoms with Crippen molar-refractivity contribution in [1.29, 1.82) is 0 Å². The van der Waals surface area contributed by atoms with Gasteiger partial charge in [-0.15, -0.1) is 0 Å². The first-order valence-electron chi connectivity index (χ1n) is 8.26. The van der Waals surface area contributed by atoms with Gasteiger partial charge in [-0.1, -0.05) is 6.07 Å². The molecule has 6 heteroatoms. The van der Waals surface area contributed by atoms with Crippen LogP contribution in [0.5, 0.6) is 0 Å². The monoisotopic (exact) mass is 323 g/mol. The summed E-state index contributed by atoms with van der Waals surface area (Å²) in [5.74, 6) is 1.37. The second kappa shape index (κ2) is 5.47. The summed E-state index contributed by atoms with van der Waals surface area (Å²) >= 11 is 0. The van der Waals surface area contributed by atoms with Gasteiger partial charge in [-0.2, -0.15) is 0 Å². The number of hydrogen-bond donors (Lipinski definition) is 0. The summed E-state index contributed by atoms with van der Waals surface area (Å²) in [5.41, 5.74) is 3.48. The Morgan fingerprint density at radius 2 is 2.00 bits per heavy atom. The Bertz CT molecular complexity index is 923. The standard InChI is InChI=1S/C18H21N5O/c1-12-4-5-16-20-15(11-23(16)8-12)18(24)22-7-6-14(10-22)17-19-13(2)9-21(17)3/h4-5,8-9,11,14H,6-7,10H2,1-3H3/t14-/m0/s1. The molecule has 1 aliphatic heterocycles. The van der Waals surface area contributed by atoms with Crippen LogP contribution in [0.15, 0.2) is 30.7 Å². The lowest BCUT2D eigenvalue weighted by Crippen LogP contribution is -2.29. The van der Waals surface area contributed by atoms with Crippen molar-refractivity contribution >= 4 is 11.6 Å². The Kier molecular flexibility index (Phi) is 3.40. The lowest BCUT2D eigenvalue weighted by Gasteiger charge is -2.15. The van der Waals surface area contributed by atoms with Crippen LogP contribution in [0.2, 0.25) is 0 Å². The van der Waals surface area contributed by atoms with Gasteiger partial charge in [0.1, 0.15) is 17.2 Å². The number of pyridine rings is 1. The first-order chi connectivity index (χ1) is 11.5. The molecular weight excluding hydrogens is 302 g/mol. The Balaban J connectivity index is 1.55. The van der Waals surface area contributed by atoms with E-state index in [4.69, 9.17) is 0 Å². The maximum absolute atomic E-state index is 12.8. The molecule has 1 fully saturated rings. The molecule has 0 N–H and O–H groups in total. The molecule has 124 valence electrons. The minimum Gasteiger partial charge on any atom is -0.337 e. The number of nitrogens with zero attached hydrogens (tertiary/aromatic N) is 5. The number of likely N-dealkylation sites (tertiary alicyclic amines) is 1. The van der Waals surface area contributed by atoms with Crippen LogP contribution in [0.25, 0.3) is 5.65 Å². The SMILES string of the molecule is Cc1ccc2nc(C(=O)N3CC[C@H](c4nc(C)cn4C)C3)cn2c1. The number of fused-ring (bicyclic) bond motifs is 1. The van der Waals surface area contributed by atoms with Crippen molar-refractivity contribution in [3.8, 4) is 0 Å². The van der Waals surface area contributed by atoms with Gasteiger partial charge >= 0.3 is 0 Å². The Morgan fingerprint density at radius 1 is 1.17 bits per heavy atom. The van der Waals surface area contributed by atoms with Crippen LogP contribution in [0.1, 0.15) is 39.9 Å². The summed E-state index contributed by atoms with van der Waals surface area (Å²) in [7, 11) is 2.02. The number of rotatable bonds is 2. The Labute approximate surface area is 140 Å². The van der Waals surface area contributed by atoms with E-state index in [1.807, 2.05) is 60.9 Å². The molecule has 0 spiro atoms. The fraction of sp³-hybridized carbons (Fsp3) is 0.389. The quantitative estimate of drug-likeness (QED) is 0.727. The van der Waals surface area contributed by atoms with Gasteiger partial charge in [-0.05, 0) is 31.9 Å². The average molecular weight is 323 g/mol. The van der Waals surface area contributed by atoms with Crippen LogP contribution in [0.4, 0.5) is 0 Å². The zero-order chi connectivity index (χ0) is 16.8. The number of imidazole rings is 2. The van der Waals surface area contributed by atoms with E-state index >= 15 is 0 Å². The van der Waals surface area contributed by atoms with Gasteiger partial charge in [0.15, 0.2) is 0 Å². The van der Waals surface area contributed by atoms with Crippen LogP contribution < -0.4 is 0 Å². The van der Waals surface area contributed by atoms with Gasteiger partial charge in [0.2, 0.25) is 0 Å². The molecule has 0 aliphatic carbocycles. The summed E-state index contributed by atoms with van der Waals surface area (Å²) in [6.45, 7) is 5.49. The molecule has 1 saturated heterocycles. The van der Waals surface area contributed by atoms with E-state index in [1.54, 1.807) is 0 Å². The highest BCUT2D eigenvalue weighted by molar-refractivity contribution is 5.93. The van der Waals surface area contributed by atoms with Crippen molar-refractivity contribution in [1.82, 2.24) is 23.8 Å². The molecule has 1 atom stereocenters. The summed E-state index contributed by atoms with van der Waals surface area (Å²) in [6, 6.07) is 3.95. The minimum absolute atomic E-state index is 0.00443. The molecule has 3 aromatic rings. The predicted molar refractivity (Wildman–Crippen MR) is 91.1 cm³/mol. The van der Waals surface area contributed by atoms with Gasteiger partial charge in [0, 0.05) is 44.6 Å². The third kappa shape index (κ3) is 2.48. The van der Waals surface area contributed by atoms with E-state index in [9.17, 15) is 4.79 Å². The molecule has 1 aliphatic rings. The van der Waals surface area contributed by atoms with Gasteiger partial charge in [0.25, 0.3) is 5.91 Å². The topological polar surface area (TPSA) is 55.4 Å². The van der Waals surface area contributed by atoms with Crippen molar-refractivity contribution in [3.05, 3.63) is 53.5 Å². The maximum Gasteiger partial charge on any atom is 0.274 e. The molecule has 3 aromatic heterocycles. The summed E-state index contributed by atoms with van der Waals surface area (Å²) in [5, 5.41) is 0. The van der Waals surface area contributed by atoms with Crippen molar-refractivity contribution in [2.24, 2.45) is 7.05 Å². The second-order valence-corrected chi connectivity index (χ2v) is 6.69. The number of aryl methyl sites for hydroxylation is 3. The van der Waals surface area contributed by atoms with E-state index in [0.29, 0.717) is 18.2 Å². The lowest BCUT2D eigenvalue weighted by atomic mass is 10.1. The van der Waals surface area contributed by atoms with Crippen LogP contribution in [-0.4, -0.2) is 42.8 Å². The fourth-order valence-corrected chi connectivity index (χ4v) is 3.54. The molecule has 0 saturated carbocycles. The molecule has 6 nitrogen and oxygen atoms in total. The largest absolute Gasteiger partial charge is 0.337 e. The third-order valence-electron chi connectivity index (χ3n) is 4.69. The molecule has 1 amide bonds. The lowest BCUT2D eigenvalue weighted by molar-refractivity contribution is 0.0785. The molecule has 4 rings (SSSR count). The second-order valence-electron chi connectivity index (χ2n) is 6.69. The smallest absolute Gasteiger partial charge is 0.274 e. The van der Waals surface area contributed by atoms with Crippen molar-refractivity contribution in [2.75, 3.05) is 13.1 Å². The Morgan fingerprint density at radius 3 is 2.75 bits per heavy atom. The van der Waals surface area contributed by atoms with E-state index in [0.717, 1.165) is 35.7 Å². The number of amides is 1. The average Bonchev–Trinajstić information content (AvgIpc) is 3.24. The van der Waals surface area contributed by atoms with E-state index in [-0.39, 0.29) is 5.91 Å². The maximum atomic E-state index is 12.8. The molecule has 0 unspecified atom stereocenters. The normalized spacial score (nSPS) is 17.8. The van der Waals surface area contributed by atoms with Crippen LogP contribution in [0.3, 0.4) is 0 Å². The van der Waals surface area contributed by atoms with Gasteiger partial charge < -0.3 is 13.9 Å². The summed E-state index contributed by atoms with van der Waals surface area (Å²) in [6.07, 6.45) is 6.79. The van der Waals surface area contributed by atoms with Crippen LogP contribution in [-0.2, 0) is 7.05 Å². The first-order valence-corrected chi connectivity index (χ1v) is 8.26. The number of carbonyl (C=O) groups is 1. The van der Waals surface area contributed by atoms with E-state index in [1.165, 1.54) is 0 Å². The van der Waals surface area contributed by atoms with Crippen LogP contribution >= 0.6 is 0 Å². The fourth-order valence-electron chi connectivity index (χ4n) is 3.54. The molecule has 4 heterocycles. The van der Waals surface area contributed by atoms with Crippen LogP contribution in [0, 0.1) is 13.8 Å².